The SMILES string of the molecule is O=C(O)c1cc(NC2CCOC2)c([N+](=O)[O-])cc1F. The van der Waals surface area contributed by atoms with Crippen molar-refractivity contribution in [2.24, 2.45) is 0 Å². The molecule has 1 aliphatic heterocycles. The lowest BCUT2D eigenvalue weighted by molar-refractivity contribution is -0.384. The highest BCUT2D eigenvalue weighted by molar-refractivity contribution is 5.90. The Hall–Kier alpha value is -2.22. The van der Waals surface area contributed by atoms with Gasteiger partial charge in [0.15, 0.2) is 0 Å². The molecule has 0 spiro atoms. The van der Waals surface area contributed by atoms with Crippen LogP contribution >= 0.6 is 0 Å². The topological polar surface area (TPSA) is 102 Å². The van der Waals surface area contributed by atoms with Gasteiger partial charge in [-0.15, -0.1) is 0 Å². The first-order valence-corrected chi connectivity index (χ1v) is 5.54. The largest absolute Gasteiger partial charge is 0.478 e. The smallest absolute Gasteiger partial charge is 0.338 e. The third-order valence-corrected chi connectivity index (χ3v) is 2.80. The van der Waals surface area contributed by atoms with Crippen LogP contribution in [0.2, 0.25) is 0 Å². The van der Waals surface area contributed by atoms with Crippen molar-refractivity contribution in [2.45, 2.75) is 12.5 Å². The fourth-order valence-corrected chi connectivity index (χ4v) is 1.86. The number of nitro benzene ring substituents is 1. The molecule has 1 saturated heterocycles. The first kappa shape index (κ1) is 13.2. The maximum Gasteiger partial charge on any atom is 0.338 e. The molecule has 1 atom stereocenters. The van der Waals surface area contributed by atoms with E-state index in [0.29, 0.717) is 25.7 Å². The van der Waals surface area contributed by atoms with Gasteiger partial charge < -0.3 is 15.2 Å². The first-order chi connectivity index (χ1) is 8.99. The second-order valence-corrected chi connectivity index (χ2v) is 4.12. The zero-order chi connectivity index (χ0) is 14.0. The van der Waals surface area contributed by atoms with E-state index in [0.717, 1.165) is 6.07 Å². The normalized spacial score (nSPS) is 18.3. The van der Waals surface area contributed by atoms with Crippen LogP contribution in [-0.2, 0) is 4.74 Å². The van der Waals surface area contributed by atoms with Crippen molar-refractivity contribution in [3.63, 3.8) is 0 Å². The Morgan fingerprint density at radius 1 is 1.58 bits per heavy atom. The minimum absolute atomic E-state index is 0.0145. The van der Waals surface area contributed by atoms with E-state index >= 15 is 0 Å². The summed E-state index contributed by atoms with van der Waals surface area (Å²) < 4.78 is 18.5. The summed E-state index contributed by atoms with van der Waals surface area (Å²) in [7, 11) is 0. The Morgan fingerprint density at radius 3 is 2.84 bits per heavy atom. The van der Waals surface area contributed by atoms with Crippen LogP contribution in [0, 0.1) is 15.9 Å². The Morgan fingerprint density at radius 2 is 2.32 bits per heavy atom. The van der Waals surface area contributed by atoms with E-state index in [-0.39, 0.29) is 11.7 Å². The lowest BCUT2D eigenvalue weighted by Gasteiger charge is -2.13. The highest BCUT2D eigenvalue weighted by atomic mass is 19.1. The molecule has 19 heavy (non-hydrogen) atoms. The third-order valence-electron chi connectivity index (χ3n) is 2.80. The van der Waals surface area contributed by atoms with Crippen molar-refractivity contribution in [1.82, 2.24) is 0 Å². The summed E-state index contributed by atoms with van der Waals surface area (Å²) in [6.45, 7) is 0.898. The molecule has 0 saturated carbocycles. The Kier molecular flexibility index (Phi) is 3.61. The summed E-state index contributed by atoms with van der Waals surface area (Å²) in [6, 6.07) is 1.40. The lowest BCUT2D eigenvalue weighted by atomic mass is 10.1. The van der Waals surface area contributed by atoms with Crippen molar-refractivity contribution in [2.75, 3.05) is 18.5 Å². The molecule has 0 bridgehead atoms. The molecule has 2 rings (SSSR count). The summed E-state index contributed by atoms with van der Waals surface area (Å²) in [5.41, 5.74) is -1.11. The number of nitro groups is 1. The second-order valence-electron chi connectivity index (χ2n) is 4.12. The molecule has 1 heterocycles. The van der Waals surface area contributed by atoms with E-state index in [1.165, 1.54) is 0 Å². The minimum atomic E-state index is -1.47. The van der Waals surface area contributed by atoms with Gasteiger partial charge >= 0.3 is 5.97 Å². The molecule has 1 aromatic rings. The van der Waals surface area contributed by atoms with Gasteiger partial charge in [-0.1, -0.05) is 0 Å². The second kappa shape index (κ2) is 5.19. The molecule has 0 aromatic heterocycles. The van der Waals surface area contributed by atoms with Crippen molar-refractivity contribution in [3.05, 3.63) is 33.6 Å². The van der Waals surface area contributed by atoms with Crippen LogP contribution < -0.4 is 5.32 Å². The molecule has 1 aromatic carbocycles. The van der Waals surface area contributed by atoms with Crippen LogP contribution in [0.5, 0.6) is 0 Å². The number of halogens is 1. The zero-order valence-corrected chi connectivity index (χ0v) is 9.76. The van der Waals surface area contributed by atoms with Crippen LogP contribution in [0.3, 0.4) is 0 Å². The number of rotatable bonds is 4. The van der Waals surface area contributed by atoms with Crippen molar-refractivity contribution >= 4 is 17.3 Å². The van der Waals surface area contributed by atoms with Crippen molar-refractivity contribution in [3.8, 4) is 0 Å². The van der Waals surface area contributed by atoms with Gasteiger partial charge in [0.1, 0.15) is 11.5 Å². The van der Waals surface area contributed by atoms with Gasteiger partial charge in [0.2, 0.25) is 0 Å². The number of carbonyl (C=O) groups is 1. The molecule has 0 amide bonds. The molecular weight excluding hydrogens is 259 g/mol. The highest BCUT2D eigenvalue weighted by Gasteiger charge is 2.24. The van der Waals surface area contributed by atoms with Gasteiger partial charge in [-0.3, -0.25) is 10.1 Å². The average Bonchev–Trinajstić information content (AvgIpc) is 2.83. The minimum Gasteiger partial charge on any atom is -0.478 e. The Labute approximate surface area is 107 Å². The molecule has 1 fully saturated rings. The first-order valence-electron chi connectivity index (χ1n) is 5.54. The number of carboxylic acid groups (broad SMARTS) is 1. The fourth-order valence-electron chi connectivity index (χ4n) is 1.86. The Balaban J connectivity index is 2.39. The van der Waals surface area contributed by atoms with Crippen LogP contribution in [0.1, 0.15) is 16.8 Å². The Bertz CT molecular complexity index is 528. The molecule has 0 aliphatic carbocycles. The lowest BCUT2D eigenvalue weighted by Crippen LogP contribution is -2.20. The van der Waals surface area contributed by atoms with E-state index < -0.39 is 28.0 Å². The molecule has 2 N–H and O–H groups in total. The van der Waals surface area contributed by atoms with E-state index in [2.05, 4.69) is 5.32 Å². The number of hydrogen-bond acceptors (Lipinski definition) is 5. The molecule has 7 nitrogen and oxygen atoms in total. The molecular formula is C11H11FN2O5. The van der Waals surface area contributed by atoms with Crippen molar-refractivity contribution < 1.29 is 24.0 Å². The standard InChI is InChI=1S/C11H11FN2O5/c12-8-4-10(14(17)18)9(3-7(8)11(15)16)13-6-1-2-19-5-6/h3-4,6,13H,1-2,5H2,(H,15,16). The summed E-state index contributed by atoms with van der Waals surface area (Å²) in [4.78, 5) is 20.9. The predicted molar refractivity (Wildman–Crippen MR) is 62.9 cm³/mol. The van der Waals surface area contributed by atoms with Gasteiger partial charge in [0.25, 0.3) is 5.69 Å². The van der Waals surface area contributed by atoms with Crippen LogP contribution in [-0.4, -0.2) is 35.3 Å². The number of aromatic carboxylic acids is 1. The maximum absolute atomic E-state index is 13.4. The van der Waals surface area contributed by atoms with Gasteiger partial charge in [-0.05, 0) is 12.5 Å². The van der Waals surface area contributed by atoms with Gasteiger partial charge in [0.05, 0.1) is 29.2 Å². The number of carboxylic acids is 1. The molecule has 1 aliphatic rings. The van der Waals surface area contributed by atoms with E-state index in [1.807, 2.05) is 0 Å². The van der Waals surface area contributed by atoms with Crippen LogP contribution in [0.15, 0.2) is 12.1 Å². The van der Waals surface area contributed by atoms with Crippen LogP contribution in [0.25, 0.3) is 0 Å². The van der Waals surface area contributed by atoms with Crippen molar-refractivity contribution in [1.29, 1.82) is 0 Å². The summed E-state index contributed by atoms with van der Waals surface area (Å²) >= 11 is 0. The van der Waals surface area contributed by atoms with Crippen LogP contribution in [0.4, 0.5) is 15.8 Å². The van der Waals surface area contributed by atoms with Gasteiger partial charge in [-0.2, -0.15) is 0 Å². The van der Waals surface area contributed by atoms with Gasteiger partial charge in [0, 0.05) is 6.61 Å². The summed E-state index contributed by atoms with van der Waals surface area (Å²) in [6.07, 6.45) is 0.650. The monoisotopic (exact) mass is 270 g/mol. The highest BCUT2D eigenvalue weighted by Crippen LogP contribution is 2.29. The number of ether oxygens (including phenoxy) is 1. The predicted octanol–water partition coefficient (Wildman–Crippen LogP) is 1.63. The average molecular weight is 270 g/mol. The summed E-state index contributed by atoms with van der Waals surface area (Å²) in [5, 5.41) is 22.5. The maximum atomic E-state index is 13.4. The number of hydrogen-bond donors (Lipinski definition) is 2. The third kappa shape index (κ3) is 2.79. The number of anilines is 1. The number of nitrogens with zero attached hydrogens (tertiary/aromatic N) is 1. The number of nitrogens with one attached hydrogen (secondary N) is 1. The van der Waals surface area contributed by atoms with E-state index in [1.54, 1.807) is 0 Å². The van der Waals surface area contributed by atoms with E-state index in [4.69, 9.17) is 9.84 Å². The molecule has 102 valence electrons. The molecule has 8 heteroatoms. The summed E-state index contributed by atoms with van der Waals surface area (Å²) in [5.74, 6) is -2.61. The molecule has 1 unspecified atom stereocenters. The fraction of sp³-hybridized carbons (Fsp3) is 0.364. The number of benzene rings is 1. The van der Waals surface area contributed by atoms with E-state index in [9.17, 15) is 19.3 Å². The zero-order valence-electron chi connectivity index (χ0n) is 9.76. The van der Waals surface area contributed by atoms with Gasteiger partial charge in [-0.25, -0.2) is 9.18 Å². The quantitative estimate of drug-likeness (QED) is 0.637. The molecule has 0 radical (unpaired) electrons.